The lowest BCUT2D eigenvalue weighted by molar-refractivity contribution is -0.135. The third-order valence-electron chi connectivity index (χ3n) is 6.41. The molecule has 0 fully saturated rings. The van der Waals surface area contributed by atoms with Gasteiger partial charge in [0.25, 0.3) is 0 Å². The minimum absolute atomic E-state index is 0.195. The van der Waals surface area contributed by atoms with Gasteiger partial charge in [0.15, 0.2) is 0 Å². The van der Waals surface area contributed by atoms with Crippen molar-refractivity contribution in [2.24, 2.45) is 7.05 Å². The quantitative estimate of drug-likeness (QED) is 0.166. The third-order valence-corrected chi connectivity index (χ3v) is 6.41. The van der Waals surface area contributed by atoms with Gasteiger partial charge in [-0.15, -0.1) is 0 Å². The predicted octanol–water partition coefficient (Wildman–Crippen LogP) is 3.14. The van der Waals surface area contributed by atoms with Gasteiger partial charge >= 0.3 is 0 Å². The zero-order valence-corrected chi connectivity index (χ0v) is 24.9. The van der Waals surface area contributed by atoms with Crippen LogP contribution in [0, 0.1) is 11.8 Å². The molecule has 0 aliphatic heterocycles. The summed E-state index contributed by atoms with van der Waals surface area (Å²) in [5.41, 5.74) is 2.60. The van der Waals surface area contributed by atoms with Gasteiger partial charge in [0.2, 0.25) is 17.8 Å². The summed E-state index contributed by atoms with van der Waals surface area (Å²) in [5.74, 6) is 7.07. The molecule has 0 spiro atoms. The van der Waals surface area contributed by atoms with Crippen molar-refractivity contribution in [1.29, 1.82) is 0 Å². The zero-order valence-electron chi connectivity index (χ0n) is 24.9. The summed E-state index contributed by atoms with van der Waals surface area (Å²) in [7, 11) is 7.39. The lowest BCUT2D eigenvalue weighted by Crippen LogP contribution is -2.45. The highest BCUT2D eigenvalue weighted by Gasteiger charge is 2.20. The topological polar surface area (TPSA) is 120 Å². The van der Waals surface area contributed by atoms with Crippen molar-refractivity contribution in [3.05, 3.63) is 48.3 Å². The van der Waals surface area contributed by atoms with Gasteiger partial charge in [-0.25, -0.2) is 4.98 Å². The minimum atomic E-state index is -0.570. The fourth-order valence-corrected chi connectivity index (χ4v) is 3.86. The number of hydrogen-bond donors (Lipinski definition) is 3. The lowest BCUT2D eigenvalue weighted by Gasteiger charge is -2.23. The summed E-state index contributed by atoms with van der Waals surface area (Å²) >= 11 is 0. The molecule has 2 heterocycles. The van der Waals surface area contributed by atoms with Crippen LogP contribution in [0.4, 0.5) is 17.5 Å². The number of likely N-dealkylation sites (N-methyl/N-ethyl adjacent to an activating group) is 2. The van der Waals surface area contributed by atoms with Crippen LogP contribution in [0.25, 0.3) is 10.9 Å². The number of rotatable bonds is 13. The van der Waals surface area contributed by atoms with Crippen LogP contribution < -0.4 is 16.0 Å². The van der Waals surface area contributed by atoms with E-state index in [0.29, 0.717) is 43.3 Å². The third kappa shape index (κ3) is 9.05. The van der Waals surface area contributed by atoms with E-state index < -0.39 is 6.04 Å². The fraction of sp³-hybridized carbons (Fsp3) is 0.433. The molecule has 0 aliphatic rings. The first-order chi connectivity index (χ1) is 19.7. The van der Waals surface area contributed by atoms with Gasteiger partial charge in [0.1, 0.15) is 11.9 Å². The molecule has 2 amide bonds. The average molecular weight is 560 g/mol. The molecule has 218 valence electrons. The smallest absolute Gasteiger partial charge is 0.246 e. The van der Waals surface area contributed by atoms with Crippen LogP contribution in [-0.2, 0) is 16.6 Å². The van der Waals surface area contributed by atoms with Crippen molar-refractivity contribution in [3.63, 3.8) is 0 Å². The first-order valence-electron chi connectivity index (χ1n) is 13.8. The standard InChI is InChI=1S/C30H41N9O2/c1-7-17-31-28-23(20-33-30(36-28)35-25-14-11-15-26-24(25)21-34-39(26)6)13-9-8-10-18-32-29(41)22(2)38(5)27(40)16-12-19-37(3)4/h11-12,14-16,20-22H,7-8,10,17-19H2,1-6H3,(H,32,41)(H2,31,33,35,36)/b16-12+/t22-/m0/s1. The van der Waals surface area contributed by atoms with Crippen LogP contribution in [-0.4, -0.2) is 88.2 Å². The molecule has 2 aromatic heterocycles. The van der Waals surface area contributed by atoms with Gasteiger partial charge < -0.3 is 25.8 Å². The van der Waals surface area contributed by atoms with E-state index in [-0.39, 0.29) is 11.8 Å². The Labute approximate surface area is 242 Å². The number of nitrogens with one attached hydrogen (secondary N) is 3. The molecule has 0 bridgehead atoms. The molecule has 3 N–H and O–H groups in total. The number of hydrogen-bond acceptors (Lipinski definition) is 8. The molecule has 3 aromatic rings. The molecule has 11 heteroatoms. The van der Waals surface area contributed by atoms with Crippen LogP contribution in [0.5, 0.6) is 0 Å². The highest BCUT2D eigenvalue weighted by molar-refractivity contribution is 5.93. The summed E-state index contributed by atoms with van der Waals surface area (Å²) in [6.07, 6.45) is 9.03. The Bertz CT molecular complexity index is 1420. The molecule has 0 radical (unpaired) electrons. The molecule has 41 heavy (non-hydrogen) atoms. The van der Waals surface area contributed by atoms with Crippen molar-refractivity contribution in [2.75, 3.05) is 51.4 Å². The summed E-state index contributed by atoms with van der Waals surface area (Å²) in [6.45, 7) is 5.69. The van der Waals surface area contributed by atoms with Crippen LogP contribution in [0.15, 0.2) is 42.7 Å². The largest absolute Gasteiger partial charge is 0.369 e. The number of amides is 2. The normalized spacial score (nSPS) is 11.8. The summed E-state index contributed by atoms with van der Waals surface area (Å²) < 4.78 is 1.83. The number of aryl methyl sites for hydroxylation is 1. The number of anilines is 3. The Kier molecular flexibility index (Phi) is 11.7. The van der Waals surface area contributed by atoms with Crippen LogP contribution in [0.1, 0.15) is 38.7 Å². The fourth-order valence-electron chi connectivity index (χ4n) is 3.86. The van der Waals surface area contributed by atoms with E-state index in [2.05, 4.69) is 49.8 Å². The molecule has 0 saturated heterocycles. The lowest BCUT2D eigenvalue weighted by atomic mass is 10.2. The Morgan fingerprint density at radius 2 is 1.98 bits per heavy atom. The van der Waals surface area contributed by atoms with Gasteiger partial charge in [-0.1, -0.05) is 30.9 Å². The summed E-state index contributed by atoms with van der Waals surface area (Å²) in [6, 6.07) is 5.38. The van der Waals surface area contributed by atoms with Crippen LogP contribution >= 0.6 is 0 Å². The maximum absolute atomic E-state index is 12.5. The van der Waals surface area contributed by atoms with E-state index in [9.17, 15) is 9.59 Å². The zero-order chi connectivity index (χ0) is 29.8. The molecule has 0 saturated carbocycles. The maximum Gasteiger partial charge on any atom is 0.246 e. The number of carbonyl (C=O) groups excluding carboxylic acids is 2. The van der Waals surface area contributed by atoms with Gasteiger partial charge in [-0.3, -0.25) is 14.3 Å². The predicted molar refractivity (Wildman–Crippen MR) is 164 cm³/mol. The van der Waals surface area contributed by atoms with Gasteiger partial charge in [0.05, 0.1) is 29.2 Å². The Balaban J connectivity index is 1.54. The summed E-state index contributed by atoms with van der Waals surface area (Å²) in [5, 5.41) is 14.9. The van der Waals surface area contributed by atoms with E-state index >= 15 is 0 Å². The Hall–Kier alpha value is -4.43. The van der Waals surface area contributed by atoms with E-state index in [0.717, 1.165) is 29.6 Å². The number of aromatic nitrogens is 4. The van der Waals surface area contributed by atoms with Gasteiger partial charge in [-0.2, -0.15) is 10.1 Å². The monoisotopic (exact) mass is 559 g/mol. The average Bonchev–Trinajstić information content (AvgIpc) is 3.34. The first kappa shape index (κ1) is 31.1. The molecule has 0 unspecified atom stereocenters. The number of benzene rings is 1. The van der Waals surface area contributed by atoms with Gasteiger partial charge in [-0.05, 0) is 46.0 Å². The number of nitrogens with zero attached hydrogens (tertiary/aromatic N) is 6. The Morgan fingerprint density at radius 3 is 2.73 bits per heavy atom. The van der Waals surface area contributed by atoms with E-state index in [1.807, 2.05) is 55.1 Å². The van der Waals surface area contributed by atoms with E-state index in [1.54, 1.807) is 26.2 Å². The van der Waals surface area contributed by atoms with Crippen molar-refractivity contribution < 1.29 is 9.59 Å². The molecular formula is C30H41N9O2. The second-order valence-electron chi connectivity index (χ2n) is 10.0. The number of carbonyl (C=O) groups is 2. The van der Waals surface area contributed by atoms with E-state index in [1.165, 1.54) is 11.0 Å². The molecule has 3 rings (SSSR count). The van der Waals surface area contributed by atoms with Crippen molar-refractivity contribution in [3.8, 4) is 11.8 Å². The molecule has 11 nitrogen and oxygen atoms in total. The number of fused-ring (bicyclic) bond motifs is 1. The molecule has 1 atom stereocenters. The molecule has 1 aromatic carbocycles. The van der Waals surface area contributed by atoms with Crippen molar-refractivity contribution in [1.82, 2.24) is 34.9 Å². The van der Waals surface area contributed by atoms with Crippen LogP contribution in [0.2, 0.25) is 0 Å². The molecule has 0 aliphatic carbocycles. The van der Waals surface area contributed by atoms with Crippen LogP contribution in [0.3, 0.4) is 0 Å². The highest BCUT2D eigenvalue weighted by atomic mass is 16.2. The van der Waals surface area contributed by atoms with Gasteiger partial charge in [0, 0.05) is 51.6 Å². The second-order valence-corrected chi connectivity index (χ2v) is 10.0. The number of unbranched alkanes of at least 4 members (excludes halogenated alkanes) is 1. The van der Waals surface area contributed by atoms with Crippen molar-refractivity contribution in [2.45, 2.75) is 39.2 Å². The Morgan fingerprint density at radius 1 is 1.17 bits per heavy atom. The highest BCUT2D eigenvalue weighted by Crippen LogP contribution is 2.25. The molecular weight excluding hydrogens is 518 g/mol. The minimum Gasteiger partial charge on any atom is -0.369 e. The first-order valence-corrected chi connectivity index (χ1v) is 13.8. The summed E-state index contributed by atoms with van der Waals surface area (Å²) in [4.78, 5) is 37.3. The SMILES string of the molecule is CCCNc1nc(Nc2cccc3c2cnn3C)ncc1C#CCCCNC(=O)[C@H](C)N(C)C(=O)/C=C/CN(C)C. The van der Waals surface area contributed by atoms with E-state index in [4.69, 9.17) is 0 Å². The second kappa shape index (κ2) is 15.4. The van der Waals surface area contributed by atoms with Crippen molar-refractivity contribution >= 4 is 40.2 Å². The maximum atomic E-state index is 12.5.